The fraction of sp³-hybridized carbons (Fsp3) is 1.00. The average molecular weight is 150 g/mol. The Labute approximate surface area is 60.5 Å². The number of methoxy groups -OCH3 is 1. The number of hydrogen-bond acceptors (Lipinski definition) is 2. The van der Waals surface area contributed by atoms with Crippen molar-refractivity contribution in [1.82, 2.24) is 5.32 Å². The zero-order chi connectivity index (χ0) is 6.69. The minimum atomic E-state index is 0.383. The first-order valence-corrected chi connectivity index (χ1v) is 3.72. The van der Waals surface area contributed by atoms with E-state index in [2.05, 4.69) is 5.32 Å². The van der Waals surface area contributed by atoms with E-state index in [4.69, 9.17) is 16.3 Å². The maximum absolute atomic E-state index is 5.61. The minimum absolute atomic E-state index is 0.383. The highest BCUT2D eigenvalue weighted by Gasteiger charge is 2.22. The molecule has 54 valence electrons. The van der Waals surface area contributed by atoms with Crippen LogP contribution >= 0.6 is 11.6 Å². The largest absolute Gasteiger partial charge is 0.380 e. The van der Waals surface area contributed by atoms with Gasteiger partial charge in [-0.3, -0.25) is 0 Å². The lowest BCUT2D eigenvalue weighted by Gasteiger charge is -2.04. The van der Waals surface area contributed by atoms with E-state index in [9.17, 15) is 0 Å². The second kappa shape index (κ2) is 3.40. The summed E-state index contributed by atoms with van der Waals surface area (Å²) >= 11 is 5.61. The topological polar surface area (TPSA) is 21.3 Å². The molecule has 9 heavy (non-hydrogen) atoms. The Bertz CT molecular complexity index is 79.1. The van der Waals surface area contributed by atoms with Gasteiger partial charge in [-0.15, -0.1) is 11.6 Å². The molecule has 0 bridgehead atoms. The van der Waals surface area contributed by atoms with E-state index < -0.39 is 0 Å². The van der Waals surface area contributed by atoms with E-state index in [1.54, 1.807) is 7.11 Å². The highest BCUT2D eigenvalue weighted by Crippen LogP contribution is 2.09. The molecule has 0 aliphatic carbocycles. The van der Waals surface area contributed by atoms with Crippen molar-refractivity contribution in [3.63, 3.8) is 0 Å². The van der Waals surface area contributed by atoms with Crippen LogP contribution < -0.4 is 5.32 Å². The van der Waals surface area contributed by atoms with E-state index in [0.29, 0.717) is 18.0 Å². The van der Waals surface area contributed by atoms with Crippen LogP contribution in [0.4, 0.5) is 0 Å². The standard InChI is InChI=1S/C6H12ClNO/c1-9-6-2-5(3-7)8-4-6/h5-6,8H,2-4H2,1H3. The molecule has 1 aliphatic heterocycles. The van der Waals surface area contributed by atoms with Crippen LogP contribution in [-0.2, 0) is 4.74 Å². The fourth-order valence-electron chi connectivity index (χ4n) is 1.08. The van der Waals surface area contributed by atoms with Gasteiger partial charge in [0, 0.05) is 25.6 Å². The van der Waals surface area contributed by atoms with Gasteiger partial charge in [0.1, 0.15) is 0 Å². The summed E-state index contributed by atoms with van der Waals surface area (Å²) in [6.07, 6.45) is 1.44. The molecule has 0 amide bonds. The maximum Gasteiger partial charge on any atom is 0.0711 e. The van der Waals surface area contributed by atoms with Crippen molar-refractivity contribution >= 4 is 11.6 Å². The molecule has 1 rings (SSSR count). The van der Waals surface area contributed by atoms with Crippen LogP contribution in [-0.4, -0.2) is 31.7 Å². The lowest BCUT2D eigenvalue weighted by atomic mass is 10.2. The Hall–Kier alpha value is 0.210. The van der Waals surface area contributed by atoms with E-state index in [0.717, 1.165) is 13.0 Å². The van der Waals surface area contributed by atoms with Crippen LogP contribution in [0.1, 0.15) is 6.42 Å². The molecule has 0 aromatic carbocycles. The van der Waals surface area contributed by atoms with E-state index >= 15 is 0 Å². The molecule has 1 aliphatic rings. The Balaban J connectivity index is 2.20. The number of ether oxygens (including phenoxy) is 1. The van der Waals surface area contributed by atoms with Gasteiger partial charge in [0.15, 0.2) is 0 Å². The predicted molar refractivity (Wildman–Crippen MR) is 37.9 cm³/mol. The van der Waals surface area contributed by atoms with Gasteiger partial charge in [-0.1, -0.05) is 0 Å². The SMILES string of the molecule is COC1CNC(CCl)C1. The van der Waals surface area contributed by atoms with Crippen molar-refractivity contribution < 1.29 is 4.74 Å². The smallest absolute Gasteiger partial charge is 0.0711 e. The molecule has 2 atom stereocenters. The van der Waals surface area contributed by atoms with Crippen LogP contribution in [0, 0.1) is 0 Å². The third kappa shape index (κ3) is 1.81. The molecule has 1 N–H and O–H groups in total. The average Bonchev–Trinajstić information content (AvgIpc) is 2.34. The Morgan fingerprint density at radius 2 is 2.56 bits per heavy atom. The predicted octanol–water partition coefficient (Wildman–Crippen LogP) is 0.602. The lowest BCUT2D eigenvalue weighted by molar-refractivity contribution is 0.118. The molecule has 2 unspecified atom stereocenters. The van der Waals surface area contributed by atoms with Gasteiger partial charge in [-0.2, -0.15) is 0 Å². The van der Waals surface area contributed by atoms with Crippen molar-refractivity contribution in [2.45, 2.75) is 18.6 Å². The molecule has 1 fully saturated rings. The Kier molecular flexibility index (Phi) is 2.76. The quantitative estimate of drug-likeness (QED) is 0.581. The summed E-state index contributed by atoms with van der Waals surface area (Å²) in [6, 6.07) is 0.469. The van der Waals surface area contributed by atoms with E-state index in [-0.39, 0.29) is 0 Å². The first-order valence-electron chi connectivity index (χ1n) is 3.19. The summed E-state index contributed by atoms with van der Waals surface area (Å²) < 4.78 is 5.12. The molecular weight excluding hydrogens is 138 g/mol. The summed E-state index contributed by atoms with van der Waals surface area (Å²) in [5, 5.41) is 3.25. The van der Waals surface area contributed by atoms with Crippen LogP contribution in [0.15, 0.2) is 0 Å². The molecule has 0 aromatic rings. The van der Waals surface area contributed by atoms with Crippen molar-refractivity contribution in [3.05, 3.63) is 0 Å². The molecular formula is C6H12ClNO. The van der Waals surface area contributed by atoms with Crippen LogP contribution in [0.3, 0.4) is 0 Å². The Morgan fingerprint density at radius 3 is 2.89 bits per heavy atom. The van der Waals surface area contributed by atoms with E-state index in [1.807, 2.05) is 0 Å². The third-order valence-electron chi connectivity index (χ3n) is 1.70. The minimum Gasteiger partial charge on any atom is -0.380 e. The first-order chi connectivity index (χ1) is 4.36. The van der Waals surface area contributed by atoms with Gasteiger partial charge in [0.25, 0.3) is 0 Å². The summed E-state index contributed by atoms with van der Waals surface area (Å²) in [5.41, 5.74) is 0. The highest BCUT2D eigenvalue weighted by atomic mass is 35.5. The Morgan fingerprint density at radius 1 is 1.78 bits per heavy atom. The van der Waals surface area contributed by atoms with Crippen LogP contribution in [0.5, 0.6) is 0 Å². The molecule has 1 heterocycles. The van der Waals surface area contributed by atoms with Gasteiger partial charge in [0.2, 0.25) is 0 Å². The number of rotatable bonds is 2. The first kappa shape index (κ1) is 7.32. The normalized spacial score (nSPS) is 35.3. The van der Waals surface area contributed by atoms with Gasteiger partial charge in [-0.05, 0) is 6.42 Å². The van der Waals surface area contributed by atoms with Crippen molar-refractivity contribution in [1.29, 1.82) is 0 Å². The monoisotopic (exact) mass is 149 g/mol. The zero-order valence-electron chi connectivity index (χ0n) is 5.56. The number of hydrogen-bond donors (Lipinski definition) is 1. The van der Waals surface area contributed by atoms with Crippen molar-refractivity contribution in [3.8, 4) is 0 Å². The van der Waals surface area contributed by atoms with Gasteiger partial charge in [0.05, 0.1) is 6.10 Å². The van der Waals surface area contributed by atoms with Crippen LogP contribution in [0.25, 0.3) is 0 Å². The summed E-state index contributed by atoms with van der Waals surface area (Å²) in [4.78, 5) is 0. The summed E-state index contributed by atoms with van der Waals surface area (Å²) in [5.74, 6) is 0.694. The number of nitrogens with one attached hydrogen (secondary N) is 1. The molecule has 0 saturated carbocycles. The van der Waals surface area contributed by atoms with Gasteiger partial charge >= 0.3 is 0 Å². The lowest BCUT2D eigenvalue weighted by Crippen LogP contribution is -2.22. The second-order valence-corrected chi connectivity index (χ2v) is 2.66. The van der Waals surface area contributed by atoms with Gasteiger partial charge < -0.3 is 10.1 Å². The molecule has 1 saturated heterocycles. The van der Waals surface area contributed by atoms with Crippen molar-refractivity contribution in [2.24, 2.45) is 0 Å². The number of halogens is 1. The summed E-state index contributed by atoms with van der Waals surface area (Å²) in [7, 11) is 1.74. The summed E-state index contributed by atoms with van der Waals surface area (Å²) in [6.45, 7) is 0.952. The molecule has 0 radical (unpaired) electrons. The van der Waals surface area contributed by atoms with Gasteiger partial charge in [-0.25, -0.2) is 0 Å². The zero-order valence-corrected chi connectivity index (χ0v) is 6.32. The van der Waals surface area contributed by atoms with E-state index in [1.165, 1.54) is 0 Å². The maximum atomic E-state index is 5.61. The molecule has 3 heteroatoms. The molecule has 0 spiro atoms. The third-order valence-corrected chi connectivity index (χ3v) is 2.07. The fourth-order valence-corrected chi connectivity index (χ4v) is 1.31. The van der Waals surface area contributed by atoms with Crippen LogP contribution in [0.2, 0.25) is 0 Å². The highest BCUT2D eigenvalue weighted by molar-refractivity contribution is 6.18. The molecule has 2 nitrogen and oxygen atoms in total. The second-order valence-electron chi connectivity index (χ2n) is 2.35. The number of alkyl halides is 1. The molecule has 0 aromatic heterocycles. The van der Waals surface area contributed by atoms with Crippen molar-refractivity contribution in [2.75, 3.05) is 19.5 Å².